The molecule has 5 heteroatoms. The standard InChI is InChI=1S/C14H16BrNO3/c15-13-9-12(5-4-11(13)10-16)17-7-8-19-14-3-1-2-6-18-14/h4-5,9,14H,1-3,6-8H2. The third-order valence-electron chi connectivity index (χ3n) is 2.85. The predicted molar refractivity (Wildman–Crippen MR) is 73.9 cm³/mol. The molecule has 1 aliphatic rings. The molecular weight excluding hydrogens is 310 g/mol. The summed E-state index contributed by atoms with van der Waals surface area (Å²) in [5.41, 5.74) is 0.596. The van der Waals surface area contributed by atoms with Gasteiger partial charge >= 0.3 is 0 Å². The van der Waals surface area contributed by atoms with E-state index >= 15 is 0 Å². The van der Waals surface area contributed by atoms with Crippen molar-refractivity contribution in [2.45, 2.75) is 25.6 Å². The van der Waals surface area contributed by atoms with Crippen molar-refractivity contribution in [1.82, 2.24) is 0 Å². The summed E-state index contributed by atoms with van der Waals surface area (Å²) in [6.07, 6.45) is 3.16. The summed E-state index contributed by atoms with van der Waals surface area (Å²) in [4.78, 5) is 0. The second kappa shape index (κ2) is 7.49. The van der Waals surface area contributed by atoms with E-state index in [0.717, 1.165) is 36.1 Å². The summed E-state index contributed by atoms with van der Waals surface area (Å²) >= 11 is 3.33. The quantitative estimate of drug-likeness (QED) is 0.780. The average Bonchev–Trinajstić information content (AvgIpc) is 2.45. The molecular formula is C14H16BrNO3. The summed E-state index contributed by atoms with van der Waals surface area (Å²) in [5.74, 6) is 0.721. The van der Waals surface area contributed by atoms with Crippen LogP contribution in [0, 0.1) is 11.3 Å². The number of benzene rings is 1. The summed E-state index contributed by atoms with van der Waals surface area (Å²) in [6.45, 7) is 1.76. The van der Waals surface area contributed by atoms with Crippen LogP contribution in [0.15, 0.2) is 22.7 Å². The molecule has 0 spiro atoms. The molecule has 1 saturated heterocycles. The van der Waals surface area contributed by atoms with Gasteiger partial charge in [-0.3, -0.25) is 0 Å². The number of rotatable bonds is 5. The van der Waals surface area contributed by atoms with E-state index in [2.05, 4.69) is 22.0 Å². The molecule has 1 unspecified atom stereocenters. The van der Waals surface area contributed by atoms with Gasteiger partial charge in [-0.1, -0.05) is 0 Å². The molecule has 102 valence electrons. The van der Waals surface area contributed by atoms with Crippen LogP contribution in [-0.4, -0.2) is 26.1 Å². The molecule has 0 aliphatic carbocycles. The van der Waals surface area contributed by atoms with Crippen LogP contribution < -0.4 is 4.74 Å². The third kappa shape index (κ3) is 4.50. The summed E-state index contributed by atoms with van der Waals surface area (Å²) in [7, 11) is 0. The topological polar surface area (TPSA) is 51.5 Å². The van der Waals surface area contributed by atoms with Gasteiger partial charge in [0, 0.05) is 11.1 Å². The molecule has 1 aliphatic heterocycles. The second-order valence-electron chi connectivity index (χ2n) is 4.27. The Morgan fingerprint density at radius 3 is 2.95 bits per heavy atom. The number of nitrogens with zero attached hydrogens (tertiary/aromatic N) is 1. The van der Waals surface area contributed by atoms with E-state index in [4.69, 9.17) is 19.5 Å². The van der Waals surface area contributed by atoms with Crippen LogP contribution in [-0.2, 0) is 9.47 Å². The summed E-state index contributed by atoms with van der Waals surface area (Å²) < 4.78 is 17.3. The summed E-state index contributed by atoms with van der Waals surface area (Å²) in [5, 5.41) is 8.81. The molecule has 1 heterocycles. The molecule has 0 bridgehead atoms. The van der Waals surface area contributed by atoms with E-state index in [1.807, 2.05) is 0 Å². The first kappa shape index (κ1) is 14.3. The lowest BCUT2D eigenvalue weighted by molar-refractivity contribution is -0.165. The van der Waals surface area contributed by atoms with Gasteiger partial charge in [0.15, 0.2) is 6.29 Å². The maximum atomic E-state index is 8.81. The zero-order valence-corrected chi connectivity index (χ0v) is 12.2. The first-order valence-corrected chi connectivity index (χ1v) is 7.14. The lowest BCUT2D eigenvalue weighted by atomic mass is 10.2. The highest BCUT2D eigenvalue weighted by Crippen LogP contribution is 2.22. The molecule has 0 N–H and O–H groups in total. The highest BCUT2D eigenvalue weighted by molar-refractivity contribution is 9.10. The largest absolute Gasteiger partial charge is 0.491 e. The molecule has 1 aromatic rings. The van der Waals surface area contributed by atoms with Gasteiger partial charge in [-0.05, 0) is 53.4 Å². The number of halogens is 1. The fraction of sp³-hybridized carbons (Fsp3) is 0.500. The van der Waals surface area contributed by atoms with E-state index in [1.54, 1.807) is 18.2 Å². The maximum Gasteiger partial charge on any atom is 0.157 e. The monoisotopic (exact) mass is 325 g/mol. The van der Waals surface area contributed by atoms with Gasteiger partial charge in [0.1, 0.15) is 18.4 Å². The fourth-order valence-corrected chi connectivity index (χ4v) is 2.30. The molecule has 19 heavy (non-hydrogen) atoms. The lowest BCUT2D eigenvalue weighted by Gasteiger charge is -2.22. The molecule has 1 atom stereocenters. The van der Waals surface area contributed by atoms with E-state index in [9.17, 15) is 0 Å². The lowest BCUT2D eigenvalue weighted by Crippen LogP contribution is -2.24. The van der Waals surface area contributed by atoms with Crippen molar-refractivity contribution in [2.24, 2.45) is 0 Å². The molecule has 0 radical (unpaired) electrons. The van der Waals surface area contributed by atoms with Crippen molar-refractivity contribution in [3.63, 3.8) is 0 Å². The SMILES string of the molecule is N#Cc1ccc(OCCOC2CCCCO2)cc1Br. The number of hydrogen-bond donors (Lipinski definition) is 0. The molecule has 4 nitrogen and oxygen atoms in total. The normalized spacial score (nSPS) is 18.8. The zero-order chi connectivity index (χ0) is 13.5. The van der Waals surface area contributed by atoms with Crippen LogP contribution in [0.2, 0.25) is 0 Å². The Labute approximate surface area is 121 Å². The molecule has 0 amide bonds. The molecule has 0 saturated carbocycles. The van der Waals surface area contributed by atoms with Crippen LogP contribution in [0.25, 0.3) is 0 Å². The van der Waals surface area contributed by atoms with Crippen LogP contribution >= 0.6 is 15.9 Å². The molecule has 1 fully saturated rings. The Bertz CT molecular complexity index is 452. The predicted octanol–water partition coefficient (Wildman–Crippen LogP) is 3.24. The zero-order valence-electron chi connectivity index (χ0n) is 10.6. The minimum Gasteiger partial charge on any atom is -0.491 e. The molecule has 1 aromatic carbocycles. The van der Waals surface area contributed by atoms with Gasteiger partial charge < -0.3 is 14.2 Å². The number of hydrogen-bond acceptors (Lipinski definition) is 4. The first-order chi connectivity index (χ1) is 9.29. The van der Waals surface area contributed by atoms with Crippen molar-refractivity contribution < 1.29 is 14.2 Å². The fourth-order valence-electron chi connectivity index (χ4n) is 1.86. The Hall–Kier alpha value is -1.09. The van der Waals surface area contributed by atoms with Crippen molar-refractivity contribution in [3.8, 4) is 11.8 Å². The average molecular weight is 326 g/mol. The third-order valence-corrected chi connectivity index (χ3v) is 3.51. The van der Waals surface area contributed by atoms with Gasteiger partial charge in [-0.25, -0.2) is 0 Å². The molecule has 0 aromatic heterocycles. The smallest absolute Gasteiger partial charge is 0.157 e. The van der Waals surface area contributed by atoms with Crippen molar-refractivity contribution >= 4 is 15.9 Å². The van der Waals surface area contributed by atoms with Crippen molar-refractivity contribution in [2.75, 3.05) is 19.8 Å². The van der Waals surface area contributed by atoms with Crippen LogP contribution in [0.1, 0.15) is 24.8 Å². The Morgan fingerprint density at radius 2 is 2.26 bits per heavy atom. The van der Waals surface area contributed by atoms with Crippen LogP contribution in [0.4, 0.5) is 0 Å². The minimum absolute atomic E-state index is 0.0787. The maximum absolute atomic E-state index is 8.81. The van der Waals surface area contributed by atoms with Gasteiger partial charge in [0.2, 0.25) is 0 Å². The van der Waals surface area contributed by atoms with Crippen LogP contribution in [0.3, 0.4) is 0 Å². The number of ether oxygens (including phenoxy) is 3. The van der Waals surface area contributed by atoms with Gasteiger partial charge in [0.05, 0.1) is 12.2 Å². The molecule has 2 rings (SSSR count). The first-order valence-electron chi connectivity index (χ1n) is 6.35. The Morgan fingerprint density at radius 1 is 1.37 bits per heavy atom. The van der Waals surface area contributed by atoms with E-state index < -0.39 is 0 Å². The van der Waals surface area contributed by atoms with Gasteiger partial charge in [0.25, 0.3) is 0 Å². The Kier molecular flexibility index (Phi) is 5.64. The highest BCUT2D eigenvalue weighted by atomic mass is 79.9. The highest BCUT2D eigenvalue weighted by Gasteiger charge is 2.13. The minimum atomic E-state index is -0.0787. The van der Waals surface area contributed by atoms with Gasteiger partial charge in [-0.15, -0.1) is 0 Å². The van der Waals surface area contributed by atoms with E-state index in [-0.39, 0.29) is 6.29 Å². The van der Waals surface area contributed by atoms with E-state index in [0.29, 0.717) is 18.8 Å². The van der Waals surface area contributed by atoms with Crippen molar-refractivity contribution in [3.05, 3.63) is 28.2 Å². The van der Waals surface area contributed by atoms with Crippen molar-refractivity contribution in [1.29, 1.82) is 5.26 Å². The number of nitriles is 1. The van der Waals surface area contributed by atoms with Crippen LogP contribution in [0.5, 0.6) is 5.75 Å². The Balaban J connectivity index is 1.70. The second-order valence-corrected chi connectivity index (χ2v) is 5.12. The van der Waals surface area contributed by atoms with E-state index in [1.165, 1.54) is 0 Å². The summed E-state index contributed by atoms with van der Waals surface area (Å²) in [6, 6.07) is 7.38. The van der Waals surface area contributed by atoms with Gasteiger partial charge in [-0.2, -0.15) is 5.26 Å².